The second-order valence-electron chi connectivity index (χ2n) is 1.26. The van der Waals surface area contributed by atoms with E-state index in [0.29, 0.717) is 0 Å². The lowest BCUT2D eigenvalue weighted by atomic mass is 10.6. The summed E-state index contributed by atoms with van der Waals surface area (Å²) in [5.41, 5.74) is 0. The van der Waals surface area contributed by atoms with Crippen molar-refractivity contribution in [2.24, 2.45) is 5.90 Å². The number of hydrogen-bond acceptors (Lipinski definition) is 4. The van der Waals surface area contributed by atoms with Crippen molar-refractivity contribution < 1.29 is 4.28 Å². The van der Waals surface area contributed by atoms with Crippen LogP contribution in [0.3, 0.4) is 0 Å². The molecule has 0 amide bonds. The first kappa shape index (κ1) is 8.62. The van der Waals surface area contributed by atoms with Crippen LogP contribution in [0, 0.1) is 0 Å². The van der Waals surface area contributed by atoms with Gasteiger partial charge in [0.05, 0.1) is 0 Å². The van der Waals surface area contributed by atoms with Gasteiger partial charge in [0.15, 0.2) is 0 Å². The van der Waals surface area contributed by atoms with Crippen LogP contribution < -0.4 is 5.90 Å². The van der Waals surface area contributed by atoms with Crippen LogP contribution in [0.1, 0.15) is 6.42 Å². The topological polar surface area (TPSA) is 35.2 Å². The van der Waals surface area contributed by atoms with Crippen molar-refractivity contribution in [3.63, 3.8) is 0 Å². The van der Waals surface area contributed by atoms with Gasteiger partial charge in [0.25, 0.3) is 0 Å². The minimum absolute atomic E-state index is 0.997. The second-order valence-corrected chi connectivity index (χ2v) is 3.09. The minimum Gasteiger partial charge on any atom is -0.234 e. The lowest BCUT2D eigenvalue weighted by Gasteiger charge is -1.93. The van der Waals surface area contributed by atoms with Crippen LogP contribution in [0.25, 0.3) is 0 Å². The van der Waals surface area contributed by atoms with E-state index in [1.807, 2.05) is 11.8 Å². The average molecular weight is 153 g/mol. The van der Waals surface area contributed by atoms with E-state index in [9.17, 15) is 0 Å². The summed E-state index contributed by atoms with van der Waals surface area (Å²) in [5.74, 6) is 6.96. The quantitative estimate of drug-likeness (QED) is 0.366. The molecule has 0 unspecified atom stereocenters. The first-order chi connectivity index (χ1) is 3.91. The van der Waals surface area contributed by atoms with Crippen molar-refractivity contribution in [2.45, 2.75) is 6.42 Å². The van der Waals surface area contributed by atoms with Crippen molar-refractivity contribution in [2.75, 3.05) is 17.8 Å². The van der Waals surface area contributed by atoms with Crippen LogP contribution in [0.4, 0.5) is 0 Å². The zero-order valence-corrected chi connectivity index (χ0v) is 6.56. The van der Waals surface area contributed by atoms with E-state index in [0.717, 1.165) is 5.75 Å². The SMILES string of the molecule is CSCCCSON. The molecule has 4 heteroatoms. The Morgan fingerprint density at radius 1 is 1.50 bits per heavy atom. The molecule has 0 aliphatic heterocycles. The Bertz CT molecular complexity index is 39.0. The summed E-state index contributed by atoms with van der Waals surface area (Å²) in [6.07, 6.45) is 3.26. The fraction of sp³-hybridized carbons (Fsp3) is 1.00. The van der Waals surface area contributed by atoms with Crippen molar-refractivity contribution in [3.05, 3.63) is 0 Å². The van der Waals surface area contributed by atoms with Gasteiger partial charge in [-0.05, 0) is 18.4 Å². The Morgan fingerprint density at radius 2 is 2.25 bits per heavy atom. The van der Waals surface area contributed by atoms with Gasteiger partial charge in [-0.25, -0.2) is 10.2 Å². The molecule has 0 fully saturated rings. The molecule has 50 valence electrons. The lowest BCUT2D eigenvalue weighted by Crippen LogP contribution is -1.90. The van der Waals surface area contributed by atoms with Crippen LogP contribution >= 0.6 is 23.8 Å². The van der Waals surface area contributed by atoms with Crippen molar-refractivity contribution in [3.8, 4) is 0 Å². The fourth-order valence-corrected chi connectivity index (χ4v) is 1.28. The van der Waals surface area contributed by atoms with Gasteiger partial charge in [-0.1, -0.05) is 0 Å². The normalized spacial score (nSPS) is 9.75. The Hall–Kier alpha value is 0.620. The summed E-state index contributed by atoms with van der Waals surface area (Å²) in [4.78, 5) is 0. The standard InChI is InChI=1S/C4H11NOS2/c1-7-3-2-4-8-6-5/h2-5H2,1H3. The molecule has 0 aromatic carbocycles. The van der Waals surface area contributed by atoms with Gasteiger partial charge in [0.2, 0.25) is 0 Å². The number of thioether (sulfide) groups is 1. The van der Waals surface area contributed by atoms with Gasteiger partial charge in [0, 0.05) is 17.8 Å². The highest BCUT2D eigenvalue weighted by Crippen LogP contribution is 2.03. The maximum atomic E-state index is 4.77. The molecular weight excluding hydrogens is 142 g/mol. The first-order valence-electron chi connectivity index (χ1n) is 2.39. The van der Waals surface area contributed by atoms with E-state index in [2.05, 4.69) is 10.5 Å². The molecule has 0 spiro atoms. The molecule has 2 nitrogen and oxygen atoms in total. The molecule has 0 aromatic rings. The summed E-state index contributed by atoms with van der Waals surface area (Å²) in [6, 6.07) is 0. The summed E-state index contributed by atoms with van der Waals surface area (Å²) < 4.78 is 4.30. The largest absolute Gasteiger partial charge is 0.234 e. The summed E-state index contributed by atoms with van der Waals surface area (Å²) >= 11 is 3.15. The van der Waals surface area contributed by atoms with E-state index < -0.39 is 0 Å². The molecule has 0 saturated heterocycles. The highest BCUT2D eigenvalue weighted by atomic mass is 32.2. The highest BCUT2D eigenvalue weighted by molar-refractivity contribution is 7.98. The lowest BCUT2D eigenvalue weighted by molar-refractivity contribution is 0.398. The van der Waals surface area contributed by atoms with E-state index >= 15 is 0 Å². The first-order valence-corrected chi connectivity index (χ1v) is 4.69. The van der Waals surface area contributed by atoms with Crippen molar-refractivity contribution in [1.82, 2.24) is 0 Å². The molecule has 0 atom stereocenters. The maximum Gasteiger partial charge on any atom is 0.0225 e. The summed E-state index contributed by atoms with van der Waals surface area (Å²) in [6.45, 7) is 0. The van der Waals surface area contributed by atoms with E-state index in [-0.39, 0.29) is 0 Å². The molecule has 0 radical (unpaired) electrons. The van der Waals surface area contributed by atoms with Crippen LogP contribution in [0.5, 0.6) is 0 Å². The highest BCUT2D eigenvalue weighted by Gasteiger charge is 1.85. The molecule has 0 bridgehead atoms. The molecule has 0 saturated carbocycles. The Kier molecular flexibility index (Phi) is 8.21. The predicted molar refractivity (Wildman–Crippen MR) is 40.7 cm³/mol. The molecule has 2 N–H and O–H groups in total. The Morgan fingerprint density at radius 3 is 2.75 bits per heavy atom. The second kappa shape index (κ2) is 7.62. The van der Waals surface area contributed by atoms with Crippen molar-refractivity contribution >= 4 is 23.8 Å². The molecule has 0 heterocycles. The van der Waals surface area contributed by atoms with Crippen LogP contribution in [-0.4, -0.2) is 17.8 Å². The zero-order chi connectivity index (χ0) is 6.24. The molecule has 0 aliphatic carbocycles. The third-order valence-corrected chi connectivity index (χ3v) is 1.93. The van der Waals surface area contributed by atoms with Gasteiger partial charge >= 0.3 is 0 Å². The molecule has 8 heavy (non-hydrogen) atoms. The smallest absolute Gasteiger partial charge is 0.0225 e. The fourth-order valence-electron chi connectivity index (χ4n) is 0.310. The zero-order valence-electron chi connectivity index (χ0n) is 4.92. The van der Waals surface area contributed by atoms with Crippen LogP contribution in [0.15, 0.2) is 0 Å². The van der Waals surface area contributed by atoms with Gasteiger partial charge in [0.1, 0.15) is 0 Å². The number of hydrogen-bond donors (Lipinski definition) is 1. The van der Waals surface area contributed by atoms with E-state index in [1.54, 1.807) is 0 Å². The Balaban J connectivity index is 2.53. The van der Waals surface area contributed by atoms with Crippen LogP contribution in [-0.2, 0) is 4.28 Å². The van der Waals surface area contributed by atoms with Gasteiger partial charge < -0.3 is 0 Å². The average Bonchev–Trinajstić information content (AvgIpc) is 1.81. The monoisotopic (exact) mass is 153 g/mol. The van der Waals surface area contributed by atoms with Gasteiger partial charge in [-0.15, -0.1) is 0 Å². The molecular formula is C4H11NOS2. The number of nitrogens with two attached hydrogens (primary N) is 1. The summed E-state index contributed by atoms with van der Waals surface area (Å²) in [7, 11) is 0. The maximum absolute atomic E-state index is 4.77. The Labute approximate surface area is 58.7 Å². The minimum atomic E-state index is 0.997. The van der Waals surface area contributed by atoms with Crippen molar-refractivity contribution in [1.29, 1.82) is 0 Å². The third-order valence-electron chi connectivity index (χ3n) is 0.644. The van der Waals surface area contributed by atoms with Gasteiger partial charge in [-0.2, -0.15) is 11.8 Å². The molecule has 0 aliphatic rings. The van der Waals surface area contributed by atoms with E-state index in [4.69, 9.17) is 5.90 Å². The number of rotatable bonds is 5. The molecule has 0 aromatic heterocycles. The van der Waals surface area contributed by atoms with Gasteiger partial charge in [-0.3, -0.25) is 0 Å². The predicted octanol–water partition coefficient (Wildman–Crippen LogP) is 1.28. The third kappa shape index (κ3) is 6.62. The molecule has 0 rings (SSSR count). The van der Waals surface area contributed by atoms with Crippen LogP contribution in [0.2, 0.25) is 0 Å². The van der Waals surface area contributed by atoms with E-state index in [1.165, 1.54) is 24.2 Å². The summed E-state index contributed by atoms with van der Waals surface area (Å²) in [5, 5.41) is 0.